The summed E-state index contributed by atoms with van der Waals surface area (Å²) in [5.74, 6) is 0. The van der Waals surface area contributed by atoms with E-state index in [2.05, 4.69) is 19.2 Å². The van der Waals surface area contributed by atoms with E-state index in [0.717, 1.165) is 12.1 Å². The van der Waals surface area contributed by atoms with Gasteiger partial charge in [-0.05, 0) is 38.0 Å². The van der Waals surface area contributed by atoms with Crippen molar-refractivity contribution < 1.29 is 0 Å². The second-order valence-corrected chi connectivity index (χ2v) is 4.32. The lowest BCUT2D eigenvalue weighted by atomic mass is 10.0. The molecule has 10 heavy (non-hydrogen) atoms. The van der Waals surface area contributed by atoms with E-state index in [1.807, 2.05) is 0 Å². The van der Waals surface area contributed by atoms with Crippen molar-refractivity contribution in [2.75, 3.05) is 0 Å². The summed E-state index contributed by atoms with van der Waals surface area (Å²) in [6.45, 7) is 4.73. The minimum Gasteiger partial charge on any atom is -0.311 e. The van der Waals surface area contributed by atoms with E-state index >= 15 is 0 Å². The SMILES string of the molecule is CC(NC1CC1)C1(C)CC1. The molecule has 0 radical (unpaired) electrons. The van der Waals surface area contributed by atoms with E-state index < -0.39 is 0 Å². The van der Waals surface area contributed by atoms with Crippen LogP contribution in [0.4, 0.5) is 0 Å². The average Bonchev–Trinajstić information content (AvgIpc) is 2.67. The summed E-state index contributed by atoms with van der Waals surface area (Å²) in [6, 6.07) is 1.65. The first-order chi connectivity index (χ1) is 4.71. The molecule has 0 aromatic carbocycles. The van der Waals surface area contributed by atoms with Crippen LogP contribution in [-0.2, 0) is 0 Å². The molecule has 1 heteroatoms. The molecule has 0 aromatic rings. The van der Waals surface area contributed by atoms with E-state index in [-0.39, 0.29) is 0 Å². The Hall–Kier alpha value is -0.0400. The Morgan fingerprint density at radius 1 is 1.40 bits per heavy atom. The third kappa shape index (κ3) is 1.20. The molecule has 0 spiro atoms. The second-order valence-electron chi connectivity index (χ2n) is 4.32. The predicted molar refractivity (Wildman–Crippen MR) is 43.0 cm³/mol. The normalized spacial score (nSPS) is 31.8. The summed E-state index contributed by atoms with van der Waals surface area (Å²) in [5.41, 5.74) is 0.669. The molecular formula is C9H17N. The van der Waals surface area contributed by atoms with Gasteiger partial charge in [-0.15, -0.1) is 0 Å². The summed E-state index contributed by atoms with van der Waals surface area (Å²) in [7, 11) is 0. The van der Waals surface area contributed by atoms with Gasteiger partial charge in [-0.2, -0.15) is 0 Å². The maximum Gasteiger partial charge on any atom is 0.00951 e. The van der Waals surface area contributed by atoms with Crippen LogP contribution in [-0.4, -0.2) is 12.1 Å². The van der Waals surface area contributed by atoms with Gasteiger partial charge >= 0.3 is 0 Å². The Kier molecular flexibility index (Phi) is 1.31. The van der Waals surface area contributed by atoms with Crippen LogP contribution in [0, 0.1) is 5.41 Å². The molecule has 2 aliphatic carbocycles. The van der Waals surface area contributed by atoms with Crippen molar-refractivity contribution >= 4 is 0 Å². The molecule has 1 atom stereocenters. The minimum absolute atomic E-state index is 0.669. The largest absolute Gasteiger partial charge is 0.311 e. The van der Waals surface area contributed by atoms with E-state index in [1.54, 1.807) is 0 Å². The highest BCUT2D eigenvalue weighted by molar-refractivity contribution is 4.99. The topological polar surface area (TPSA) is 12.0 Å². The minimum atomic E-state index is 0.669. The monoisotopic (exact) mass is 139 g/mol. The highest BCUT2D eigenvalue weighted by atomic mass is 15.0. The van der Waals surface area contributed by atoms with Gasteiger partial charge in [-0.3, -0.25) is 0 Å². The van der Waals surface area contributed by atoms with Crippen LogP contribution in [0.5, 0.6) is 0 Å². The maximum absolute atomic E-state index is 3.66. The lowest BCUT2D eigenvalue weighted by Gasteiger charge is -2.19. The molecule has 0 amide bonds. The summed E-state index contributed by atoms with van der Waals surface area (Å²) >= 11 is 0. The molecule has 2 rings (SSSR count). The third-order valence-electron chi connectivity index (χ3n) is 3.15. The first-order valence-electron chi connectivity index (χ1n) is 4.47. The fourth-order valence-corrected chi connectivity index (χ4v) is 1.43. The molecular weight excluding hydrogens is 122 g/mol. The van der Waals surface area contributed by atoms with E-state index in [4.69, 9.17) is 0 Å². The van der Waals surface area contributed by atoms with Gasteiger partial charge in [0.25, 0.3) is 0 Å². The fourth-order valence-electron chi connectivity index (χ4n) is 1.43. The molecule has 0 heterocycles. The Bertz CT molecular complexity index is 134. The highest BCUT2D eigenvalue weighted by Crippen LogP contribution is 2.48. The Morgan fingerprint density at radius 3 is 2.40 bits per heavy atom. The quantitative estimate of drug-likeness (QED) is 0.630. The smallest absolute Gasteiger partial charge is 0.00951 e. The van der Waals surface area contributed by atoms with Gasteiger partial charge in [0.15, 0.2) is 0 Å². The van der Waals surface area contributed by atoms with E-state index in [0.29, 0.717) is 5.41 Å². The number of hydrogen-bond acceptors (Lipinski definition) is 1. The molecule has 0 aliphatic heterocycles. The zero-order valence-corrected chi connectivity index (χ0v) is 6.98. The molecule has 2 fully saturated rings. The van der Waals surface area contributed by atoms with Crippen molar-refractivity contribution in [3.05, 3.63) is 0 Å². The lowest BCUT2D eigenvalue weighted by Crippen LogP contribution is -2.34. The van der Waals surface area contributed by atoms with Crippen LogP contribution in [0.15, 0.2) is 0 Å². The third-order valence-corrected chi connectivity index (χ3v) is 3.15. The summed E-state index contributed by atoms with van der Waals surface area (Å²) in [6.07, 6.45) is 5.71. The van der Waals surface area contributed by atoms with Crippen LogP contribution in [0.2, 0.25) is 0 Å². The molecule has 2 aliphatic rings. The molecule has 2 saturated carbocycles. The molecule has 1 N–H and O–H groups in total. The number of nitrogens with one attached hydrogen (secondary N) is 1. The van der Waals surface area contributed by atoms with Crippen molar-refractivity contribution in [1.82, 2.24) is 5.32 Å². The van der Waals surface area contributed by atoms with E-state index in [9.17, 15) is 0 Å². The Labute approximate surface area is 63.2 Å². The molecule has 0 saturated heterocycles. The summed E-state index contributed by atoms with van der Waals surface area (Å²) < 4.78 is 0. The Morgan fingerprint density at radius 2 is 2.00 bits per heavy atom. The maximum atomic E-state index is 3.66. The molecule has 0 bridgehead atoms. The van der Waals surface area contributed by atoms with Crippen LogP contribution < -0.4 is 5.32 Å². The van der Waals surface area contributed by atoms with Crippen molar-refractivity contribution in [3.63, 3.8) is 0 Å². The molecule has 1 nitrogen and oxygen atoms in total. The van der Waals surface area contributed by atoms with Crippen molar-refractivity contribution in [2.24, 2.45) is 5.41 Å². The predicted octanol–water partition coefficient (Wildman–Crippen LogP) is 1.93. The Balaban J connectivity index is 1.80. The van der Waals surface area contributed by atoms with Gasteiger partial charge < -0.3 is 5.32 Å². The molecule has 58 valence electrons. The van der Waals surface area contributed by atoms with Crippen LogP contribution in [0.3, 0.4) is 0 Å². The standard InChI is InChI=1S/C9H17N/c1-7(9(2)5-6-9)10-8-3-4-8/h7-8,10H,3-6H2,1-2H3. The highest BCUT2D eigenvalue weighted by Gasteiger charge is 2.43. The zero-order valence-electron chi connectivity index (χ0n) is 6.98. The van der Waals surface area contributed by atoms with Crippen molar-refractivity contribution in [2.45, 2.75) is 51.6 Å². The molecule has 0 aromatic heterocycles. The van der Waals surface area contributed by atoms with Crippen LogP contribution in [0.25, 0.3) is 0 Å². The van der Waals surface area contributed by atoms with Gasteiger partial charge in [0.05, 0.1) is 0 Å². The van der Waals surface area contributed by atoms with Gasteiger partial charge in [-0.1, -0.05) is 6.92 Å². The van der Waals surface area contributed by atoms with Crippen molar-refractivity contribution in [1.29, 1.82) is 0 Å². The van der Waals surface area contributed by atoms with Gasteiger partial charge in [0.1, 0.15) is 0 Å². The van der Waals surface area contributed by atoms with Crippen LogP contribution >= 0.6 is 0 Å². The zero-order chi connectivity index (χ0) is 7.19. The lowest BCUT2D eigenvalue weighted by molar-refractivity contribution is 0.379. The first kappa shape index (κ1) is 6.66. The van der Waals surface area contributed by atoms with Gasteiger partial charge in [0, 0.05) is 12.1 Å². The van der Waals surface area contributed by atoms with Gasteiger partial charge in [0.2, 0.25) is 0 Å². The summed E-state index contributed by atoms with van der Waals surface area (Å²) in [4.78, 5) is 0. The second kappa shape index (κ2) is 1.97. The first-order valence-corrected chi connectivity index (χ1v) is 4.47. The molecule has 1 unspecified atom stereocenters. The number of rotatable bonds is 3. The van der Waals surface area contributed by atoms with Gasteiger partial charge in [-0.25, -0.2) is 0 Å². The van der Waals surface area contributed by atoms with Crippen molar-refractivity contribution in [3.8, 4) is 0 Å². The van der Waals surface area contributed by atoms with E-state index in [1.165, 1.54) is 25.7 Å². The number of hydrogen-bond donors (Lipinski definition) is 1. The average molecular weight is 139 g/mol. The van der Waals surface area contributed by atoms with Crippen LogP contribution in [0.1, 0.15) is 39.5 Å². The summed E-state index contributed by atoms with van der Waals surface area (Å²) in [5, 5.41) is 3.66. The fraction of sp³-hybridized carbons (Fsp3) is 1.00.